The third kappa shape index (κ3) is 3.27. The molecule has 0 saturated heterocycles. The summed E-state index contributed by atoms with van der Waals surface area (Å²) in [6.45, 7) is 0.830. The number of amides is 1. The van der Waals surface area contributed by atoms with Crippen LogP contribution in [0.2, 0.25) is 0 Å². The number of ether oxygens (including phenoxy) is 1. The first kappa shape index (κ1) is 20.3. The van der Waals surface area contributed by atoms with Gasteiger partial charge in [0.25, 0.3) is 5.91 Å². The SMILES string of the molecule is Cn1cc(N(Cc2cn3ccccc3n2)C(=O)c2cc3c4c(c(N)nc3cc2F)COC4)cn1. The van der Waals surface area contributed by atoms with Crippen LogP contribution in [0, 0.1) is 5.82 Å². The lowest BCUT2D eigenvalue weighted by Gasteiger charge is -2.21. The van der Waals surface area contributed by atoms with Crippen LogP contribution in [0.5, 0.6) is 0 Å². The average molecular weight is 457 g/mol. The largest absolute Gasteiger partial charge is 0.383 e. The maximum atomic E-state index is 15.2. The summed E-state index contributed by atoms with van der Waals surface area (Å²) in [4.78, 5) is 24.1. The normalized spacial score (nSPS) is 13.0. The predicted octanol–water partition coefficient (Wildman–Crippen LogP) is 3.21. The molecule has 0 saturated carbocycles. The molecule has 5 aromatic rings. The van der Waals surface area contributed by atoms with Gasteiger partial charge in [0.15, 0.2) is 0 Å². The second kappa shape index (κ2) is 7.63. The predicted molar refractivity (Wildman–Crippen MR) is 124 cm³/mol. The van der Waals surface area contributed by atoms with E-state index in [9.17, 15) is 4.79 Å². The molecule has 1 aliphatic rings. The van der Waals surface area contributed by atoms with E-state index >= 15 is 4.39 Å². The first-order valence-electron chi connectivity index (χ1n) is 10.7. The molecule has 2 N–H and O–H groups in total. The molecule has 9 nitrogen and oxygen atoms in total. The zero-order valence-corrected chi connectivity index (χ0v) is 18.3. The minimum absolute atomic E-state index is 0.0687. The molecule has 170 valence electrons. The monoisotopic (exact) mass is 457 g/mol. The molecule has 0 atom stereocenters. The number of benzene rings is 1. The number of halogens is 1. The Bertz CT molecular complexity index is 1560. The van der Waals surface area contributed by atoms with Crippen LogP contribution in [0.1, 0.15) is 27.2 Å². The van der Waals surface area contributed by atoms with Crippen LogP contribution in [0.25, 0.3) is 16.6 Å². The smallest absolute Gasteiger partial charge is 0.261 e. The molecule has 0 unspecified atom stereocenters. The van der Waals surface area contributed by atoms with Crippen LogP contribution in [0.15, 0.2) is 55.1 Å². The van der Waals surface area contributed by atoms with E-state index in [0.717, 1.165) is 16.8 Å². The van der Waals surface area contributed by atoms with Gasteiger partial charge in [-0.15, -0.1) is 0 Å². The number of hydrogen-bond donors (Lipinski definition) is 1. The number of nitrogens with two attached hydrogens (primary N) is 1. The third-order valence-electron chi connectivity index (χ3n) is 6.03. The number of nitrogen functional groups attached to an aromatic ring is 1. The summed E-state index contributed by atoms with van der Waals surface area (Å²) >= 11 is 0. The standard InChI is InChI=1S/C24H20FN7O2/c1-30-11-15(8-27-30)32(10-14-9-31-5-3-2-4-22(31)28-14)24(33)17-6-16-18-12-34-13-19(18)23(26)29-21(16)7-20(17)25/h2-9,11H,10,12-13H2,1H3,(H2,26,29). The summed E-state index contributed by atoms with van der Waals surface area (Å²) in [5.41, 5.74) is 9.92. The number of rotatable bonds is 4. The van der Waals surface area contributed by atoms with E-state index in [1.165, 1.54) is 11.0 Å². The molecule has 0 aliphatic carbocycles. The van der Waals surface area contributed by atoms with E-state index in [4.69, 9.17) is 10.5 Å². The molecule has 0 spiro atoms. The minimum atomic E-state index is -0.674. The number of pyridine rings is 2. The first-order valence-corrected chi connectivity index (χ1v) is 10.7. The maximum Gasteiger partial charge on any atom is 0.261 e. The van der Waals surface area contributed by atoms with Crippen molar-refractivity contribution < 1.29 is 13.9 Å². The lowest BCUT2D eigenvalue weighted by Crippen LogP contribution is -2.31. The van der Waals surface area contributed by atoms with Crippen molar-refractivity contribution in [2.75, 3.05) is 10.6 Å². The Balaban J connectivity index is 1.45. The Labute approximate surface area is 193 Å². The van der Waals surface area contributed by atoms with Gasteiger partial charge in [-0.25, -0.2) is 14.4 Å². The molecule has 1 aromatic carbocycles. The maximum absolute atomic E-state index is 15.2. The highest BCUT2D eigenvalue weighted by molar-refractivity contribution is 6.08. The highest BCUT2D eigenvalue weighted by Crippen LogP contribution is 2.33. The Kier molecular flexibility index (Phi) is 4.56. The minimum Gasteiger partial charge on any atom is -0.383 e. The molecule has 0 fully saturated rings. The van der Waals surface area contributed by atoms with E-state index in [2.05, 4.69) is 15.1 Å². The Hall–Kier alpha value is -4.31. The van der Waals surface area contributed by atoms with Crippen molar-refractivity contribution in [3.63, 3.8) is 0 Å². The van der Waals surface area contributed by atoms with Crippen LogP contribution in [0.4, 0.5) is 15.9 Å². The van der Waals surface area contributed by atoms with E-state index in [-0.39, 0.29) is 12.1 Å². The highest BCUT2D eigenvalue weighted by atomic mass is 19.1. The summed E-state index contributed by atoms with van der Waals surface area (Å²) in [5.74, 6) is -0.858. The topological polar surface area (TPSA) is 104 Å². The van der Waals surface area contributed by atoms with Gasteiger partial charge in [-0.1, -0.05) is 6.07 Å². The fraction of sp³-hybridized carbons (Fsp3) is 0.167. The Morgan fingerprint density at radius 3 is 2.85 bits per heavy atom. The summed E-state index contributed by atoms with van der Waals surface area (Å²) in [7, 11) is 1.76. The Morgan fingerprint density at radius 2 is 2.06 bits per heavy atom. The van der Waals surface area contributed by atoms with Gasteiger partial charge in [0, 0.05) is 42.7 Å². The molecule has 0 radical (unpaired) electrons. The van der Waals surface area contributed by atoms with Gasteiger partial charge in [0.2, 0.25) is 0 Å². The van der Waals surface area contributed by atoms with Gasteiger partial charge in [-0.05, 0) is 23.8 Å². The number of nitrogens with zero attached hydrogens (tertiary/aromatic N) is 6. The number of aromatic nitrogens is 5. The molecular formula is C24H20FN7O2. The number of hydrogen-bond acceptors (Lipinski definition) is 6. The Morgan fingerprint density at radius 1 is 1.21 bits per heavy atom. The van der Waals surface area contributed by atoms with Crippen molar-refractivity contribution in [1.29, 1.82) is 0 Å². The van der Waals surface area contributed by atoms with Gasteiger partial charge in [0.1, 0.15) is 17.3 Å². The van der Waals surface area contributed by atoms with E-state index in [1.54, 1.807) is 30.2 Å². The summed E-state index contributed by atoms with van der Waals surface area (Å²) < 4.78 is 24.2. The highest BCUT2D eigenvalue weighted by Gasteiger charge is 2.26. The van der Waals surface area contributed by atoms with E-state index in [1.807, 2.05) is 35.0 Å². The number of imidazole rings is 1. The second-order valence-electron chi connectivity index (χ2n) is 8.26. The zero-order chi connectivity index (χ0) is 23.4. The van der Waals surface area contributed by atoms with Crippen LogP contribution >= 0.6 is 0 Å². The quantitative estimate of drug-likeness (QED) is 0.445. The fourth-order valence-corrected chi connectivity index (χ4v) is 4.36. The lowest BCUT2D eigenvalue weighted by atomic mass is 10.0. The lowest BCUT2D eigenvalue weighted by molar-refractivity contribution is 0.0981. The van der Waals surface area contributed by atoms with Crippen LogP contribution in [0.3, 0.4) is 0 Å². The van der Waals surface area contributed by atoms with E-state index in [0.29, 0.717) is 41.3 Å². The zero-order valence-electron chi connectivity index (χ0n) is 18.3. The molecule has 4 aromatic heterocycles. The molecule has 10 heteroatoms. The van der Waals surface area contributed by atoms with Gasteiger partial charge in [-0.3, -0.25) is 14.4 Å². The van der Waals surface area contributed by atoms with Crippen molar-refractivity contribution in [2.45, 2.75) is 19.8 Å². The van der Waals surface area contributed by atoms with Gasteiger partial charge in [-0.2, -0.15) is 5.10 Å². The molecule has 1 amide bonds. The van der Waals surface area contributed by atoms with Crippen molar-refractivity contribution in [2.24, 2.45) is 7.05 Å². The molecule has 6 rings (SSSR count). The molecule has 0 bridgehead atoms. The van der Waals surface area contributed by atoms with Crippen LogP contribution in [-0.4, -0.2) is 30.1 Å². The third-order valence-corrected chi connectivity index (χ3v) is 6.03. The number of carbonyl (C=O) groups excluding carboxylic acids is 1. The van der Waals surface area contributed by atoms with Gasteiger partial charge < -0.3 is 14.9 Å². The van der Waals surface area contributed by atoms with Gasteiger partial charge in [0.05, 0.1) is 48.4 Å². The molecule has 5 heterocycles. The number of anilines is 2. The van der Waals surface area contributed by atoms with Crippen molar-refractivity contribution in [1.82, 2.24) is 24.1 Å². The summed E-state index contributed by atoms with van der Waals surface area (Å²) in [6, 6.07) is 8.47. The average Bonchev–Trinajstić information content (AvgIpc) is 3.56. The van der Waals surface area contributed by atoms with Crippen LogP contribution in [-0.2, 0) is 31.5 Å². The molecule has 34 heavy (non-hydrogen) atoms. The molecular weight excluding hydrogens is 437 g/mol. The number of carbonyl (C=O) groups is 1. The van der Waals surface area contributed by atoms with Crippen molar-refractivity contribution >= 4 is 34.0 Å². The van der Waals surface area contributed by atoms with Crippen LogP contribution < -0.4 is 10.6 Å². The van der Waals surface area contributed by atoms with Crippen molar-refractivity contribution in [3.05, 3.63) is 83.3 Å². The summed E-state index contributed by atoms with van der Waals surface area (Å²) in [6.07, 6.45) is 7.01. The number of aryl methyl sites for hydroxylation is 1. The fourth-order valence-electron chi connectivity index (χ4n) is 4.36. The van der Waals surface area contributed by atoms with Crippen molar-refractivity contribution in [3.8, 4) is 0 Å². The van der Waals surface area contributed by atoms with E-state index < -0.39 is 11.7 Å². The first-order chi connectivity index (χ1) is 16.5. The second-order valence-corrected chi connectivity index (χ2v) is 8.26. The molecule has 1 aliphatic heterocycles. The number of fused-ring (bicyclic) bond motifs is 4. The summed E-state index contributed by atoms with van der Waals surface area (Å²) in [5, 5.41) is 4.85. The van der Waals surface area contributed by atoms with Gasteiger partial charge >= 0.3 is 0 Å².